The van der Waals surface area contributed by atoms with Crippen molar-refractivity contribution in [2.75, 3.05) is 0 Å². The fourth-order valence-electron chi connectivity index (χ4n) is 2.42. The highest BCUT2D eigenvalue weighted by Gasteiger charge is 2.18. The number of carbonyl (C=O) groups excluding carboxylic acids is 1. The largest absolute Gasteiger partial charge is 0.345 e. The summed E-state index contributed by atoms with van der Waals surface area (Å²) in [7, 11) is 0. The molecule has 128 valence electrons. The Morgan fingerprint density at radius 3 is 2.60 bits per heavy atom. The smallest absolute Gasteiger partial charge is 0.316 e. The number of benzene rings is 2. The second-order valence-electron chi connectivity index (χ2n) is 5.83. The van der Waals surface area contributed by atoms with E-state index < -0.39 is 5.91 Å². The SMILES string of the molecule is CC(CCc1ccccc1)NC(=O)c1nc(-c2ccc(F)cc2)no1. The summed E-state index contributed by atoms with van der Waals surface area (Å²) >= 11 is 0. The molecule has 0 saturated carbocycles. The molecule has 0 aliphatic heterocycles. The Labute approximate surface area is 144 Å². The number of nitrogens with zero attached hydrogens (tertiary/aromatic N) is 2. The zero-order valence-electron chi connectivity index (χ0n) is 13.8. The van der Waals surface area contributed by atoms with Gasteiger partial charge in [0.2, 0.25) is 5.82 Å². The third-order valence-electron chi connectivity index (χ3n) is 3.81. The van der Waals surface area contributed by atoms with Crippen LogP contribution in [0.25, 0.3) is 11.4 Å². The van der Waals surface area contributed by atoms with Crippen LogP contribution in [0.1, 0.15) is 29.6 Å². The summed E-state index contributed by atoms with van der Waals surface area (Å²) < 4.78 is 18.0. The van der Waals surface area contributed by atoms with Crippen LogP contribution in [0.5, 0.6) is 0 Å². The molecule has 25 heavy (non-hydrogen) atoms. The monoisotopic (exact) mass is 339 g/mol. The van der Waals surface area contributed by atoms with E-state index in [1.165, 1.54) is 29.8 Å². The highest BCUT2D eigenvalue weighted by molar-refractivity contribution is 5.90. The second-order valence-corrected chi connectivity index (χ2v) is 5.83. The van der Waals surface area contributed by atoms with E-state index in [1.54, 1.807) is 0 Å². The van der Waals surface area contributed by atoms with E-state index in [9.17, 15) is 9.18 Å². The highest BCUT2D eigenvalue weighted by Crippen LogP contribution is 2.16. The van der Waals surface area contributed by atoms with E-state index in [1.807, 2.05) is 25.1 Å². The highest BCUT2D eigenvalue weighted by atomic mass is 19.1. The van der Waals surface area contributed by atoms with Crippen molar-refractivity contribution >= 4 is 5.91 Å². The summed E-state index contributed by atoms with van der Waals surface area (Å²) in [4.78, 5) is 16.3. The Morgan fingerprint density at radius 1 is 1.16 bits per heavy atom. The van der Waals surface area contributed by atoms with Crippen molar-refractivity contribution in [3.8, 4) is 11.4 Å². The first-order chi connectivity index (χ1) is 12.1. The lowest BCUT2D eigenvalue weighted by atomic mass is 10.1. The molecule has 5 nitrogen and oxygen atoms in total. The molecule has 1 N–H and O–H groups in total. The average molecular weight is 339 g/mol. The van der Waals surface area contributed by atoms with Gasteiger partial charge in [0.15, 0.2) is 0 Å². The van der Waals surface area contributed by atoms with Gasteiger partial charge in [-0.15, -0.1) is 0 Å². The quantitative estimate of drug-likeness (QED) is 0.745. The van der Waals surface area contributed by atoms with Gasteiger partial charge in [-0.2, -0.15) is 4.98 Å². The second kappa shape index (κ2) is 7.70. The maximum Gasteiger partial charge on any atom is 0.316 e. The normalized spacial score (nSPS) is 11.9. The van der Waals surface area contributed by atoms with Crippen LogP contribution >= 0.6 is 0 Å². The molecule has 1 unspecified atom stereocenters. The van der Waals surface area contributed by atoms with Gasteiger partial charge in [-0.25, -0.2) is 4.39 Å². The van der Waals surface area contributed by atoms with Crippen LogP contribution in [0.4, 0.5) is 4.39 Å². The Morgan fingerprint density at radius 2 is 1.88 bits per heavy atom. The molecule has 0 aliphatic carbocycles. The molecule has 2 aromatic carbocycles. The zero-order valence-corrected chi connectivity index (χ0v) is 13.8. The molecule has 0 fully saturated rings. The van der Waals surface area contributed by atoms with Crippen LogP contribution in [-0.2, 0) is 6.42 Å². The van der Waals surface area contributed by atoms with Crippen LogP contribution in [0, 0.1) is 5.82 Å². The van der Waals surface area contributed by atoms with Crippen molar-refractivity contribution in [3.63, 3.8) is 0 Å². The molecule has 0 radical (unpaired) electrons. The summed E-state index contributed by atoms with van der Waals surface area (Å²) in [6.45, 7) is 1.93. The Balaban J connectivity index is 1.57. The van der Waals surface area contributed by atoms with E-state index >= 15 is 0 Å². The fourth-order valence-corrected chi connectivity index (χ4v) is 2.42. The molecule has 1 atom stereocenters. The van der Waals surface area contributed by atoms with Crippen molar-refractivity contribution in [3.05, 3.63) is 71.9 Å². The molecule has 3 aromatic rings. The average Bonchev–Trinajstić information content (AvgIpc) is 3.12. The van der Waals surface area contributed by atoms with Gasteiger partial charge in [-0.05, 0) is 49.6 Å². The standard InChI is InChI=1S/C19H18FN3O2/c1-13(7-8-14-5-3-2-4-6-14)21-18(24)19-22-17(23-25-19)15-9-11-16(20)12-10-15/h2-6,9-13H,7-8H2,1H3,(H,21,24). The first-order valence-corrected chi connectivity index (χ1v) is 8.06. The number of nitrogens with one attached hydrogen (secondary N) is 1. The Bertz CT molecular complexity index is 831. The van der Waals surface area contributed by atoms with E-state index in [2.05, 4.69) is 27.6 Å². The first kappa shape index (κ1) is 16.8. The van der Waals surface area contributed by atoms with E-state index in [-0.39, 0.29) is 23.6 Å². The molecular formula is C19H18FN3O2. The van der Waals surface area contributed by atoms with E-state index in [0.717, 1.165) is 12.8 Å². The fraction of sp³-hybridized carbons (Fsp3) is 0.211. The molecule has 1 heterocycles. The van der Waals surface area contributed by atoms with Gasteiger partial charge < -0.3 is 9.84 Å². The lowest BCUT2D eigenvalue weighted by Crippen LogP contribution is -2.33. The maximum atomic E-state index is 12.9. The minimum absolute atomic E-state index is 0.0334. The summed E-state index contributed by atoms with van der Waals surface area (Å²) in [6, 6.07) is 15.7. The maximum absolute atomic E-state index is 12.9. The van der Waals surface area contributed by atoms with Crippen LogP contribution in [-0.4, -0.2) is 22.1 Å². The molecular weight excluding hydrogens is 321 g/mol. The first-order valence-electron chi connectivity index (χ1n) is 8.06. The minimum atomic E-state index is -0.415. The molecule has 0 aliphatic rings. The van der Waals surface area contributed by atoms with Crippen LogP contribution in [0.15, 0.2) is 59.1 Å². The van der Waals surface area contributed by atoms with Gasteiger partial charge in [-0.3, -0.25) is 4.79 Å². The summed E-state index contributed by atoms with van der Waals surface area (Å²) in [5.74, 6) is -0.619. The topological polar surface area (TPSA) is 68.0 Å². The van der Waals surface area contributed by atoms with Crippen molar-refractivity contribution in [2.45, 2.75) is 25.8 Å². The summed E-state index contributed by atoms with van der Waals surface area (Å²) in [5, 5.41) is 6.61. The molecule has 6 heteroatoms. The van der Waals surface area contributed by atoms with E-state index in [4.69, 9.17) is 4.52 Å². The third-order valence-corrected chi connectivity index (χ3v) is 3.81. The van der Waals surface area contributed by atoms with Gasteiger partial charge in [0.25, 0.3) is 0 Å². The van der Waals surface area contributed by atoms with Crippen LogP contribution in [0.2, 0.25) is 0 Å². The molecule has 0 bridgehead atoms. The third kappa shape index (κ3) is 4.50. The Kier molecular flexibility index (Phi) is 5.18. The van der Waals surface area contributed by atoms with Crippen LogP contribution in [0.3, 0.4) is 0 Å². The van der Waals surface area contributed by atoms with Gasteiger partial charge in [-0.1, -0.05) is 35.5 Å². The molecule has 0 saturated heterocycles. The number of aromatic nitrogens is 2. The number of aryl methyl sites for hydroxylation is 1. The summed E-state index contributed by atoms with van der Waals surface area (Å²) in [6.07, 6.45) is 1.67. The lowest BCUT2D eigenvalue weighted by Gasteiger charge is -2.12. The molecule has 1 amide bonds. The van der Waals surface area contributed by atoms with E-state index in [0.29, 0.717) is 5.56 Å². The van der Waals surface area contributed by atoms with Gasteiger partial charge in [0, 0.05) is 11.6 Å². The number of rotatable bonds is 6. The van der Waals surface area contributed by atoms with Crippen molar-refractivity contribution < 1.29 is 13.7 Å². The van der Waals surface area contributed by atoms with Gasteiger partial charge in [0.05, 0.1) is 0 Å². The predicted octanol–water partition coefficient (Wildman–Crippen LogP) is 3.63. The number of hydrogen-bond donors (Lipinski definition) is 1. The van der Waals surface area contributed by atoms with Crippen molar-refractivity contribution in [2.24, 2.45) is 0 Å². The number of halogens is 1. The van der Waals surface area contributed by atoms with Gasteiger partial charge in [0.1, 0.15) is 5.82 Å². The molecule has 1 aromatic heterocycles. The van der Waals surface area contributed by atoms with Crippen molar-refractivity contribution in [1.82, 2.24) is 15.5 Å². The predicted molar refractivity (Wildman–Crippen MR) is 91.4 cm³/mol. The number of amides is 1. The zero-order chi connectivity index (χ0) is 17.6. The van der Waals surface area contributed by atoms with Crippen molar-refractivity contribution in [1.29, 1.82) is 0 Å². The molecule has 0 spiro atoms. The van der Waals surface area contributed by atoms with Gasteiger partial charge >= 0.3 is 11.8 Å². The number of hydrogen-bond acceptors (Lipinski definition) is 4. The number of carbonyl (C=O) groups is 1. The van der Waals surface area contributed by atoms with Crippen LogP contribution < -0.4 is 5.32 Å². The minimum Gasteiger partial charge on any atom is -0.345 e. The lowest BCUT2D eigenvalue weighted by molar-refractivity contribution is 0.0894. The molecule has 3 rings (SSSR count). The summed E-state index contributed by atoms with van der Waals surface area (Å²) in [5.41, 5.74) is 1.81. The Hall–Kier alpha value is -3.02.